The van der Waals surface area contributed by atoms with Crippen LogP contribution in [-0.4, -0.2) is 36.2 Å². The zero-order valence-electron chi connectivity index (χ0n) is 10.9. The summed E-state index contributed by atoms with van der Waals surface area (Å²) in [7, 11) is 0. The van der Waals surface area contributed by atoms with Crippen LogP contribution in [0.5, 0.6) is 0 Å². The van der Waals surface area contributed by atoms with Gasteiger partial charge in [-0.1, -0.05) is 23.2 Å². The molecule has 0 atom stereocenters. The fraction of sp³-hybridized carbons (Fsp3) is 0.250. The molecule has 114 valence electrons. The molecule has 1 rings (SSSR count). The molecule has 0 aliphatic rings. The molecule has 0 spiro atoms. The van der Waals surface area contributed by atoms with Gasteiger partial charge < -0.3 is 15.2 Å². The highest BCUT2D eigenvalue weighted by molar-refractivity contribution is 6.36. The summed E-state index contributed by atoms with van der Waals surface area (Å²) in [5.41, 5.74) is 0.981. The maximum atomic E-state index is 11.6. The van der Waals surface area contributed by atoms with Gasteiger partial charge in [-0.2, -0.15) is 0 Å². The first-order valence-corrected chi connectivity index (χ1v) is 6.41. The highest BCUT2D eigenvalue weighted by Gasteiger charge is 2.12. The van der Waals surface area contributed by atoms with Gasteiger partial charge in [-0.05, 0) is 24.6 Å². The summed E-state index contributed by atoms with van der Waals surface area (Å²) in [4.78, 5) is 33.0. The second kappa shape index (κ2) is 7.82. The van der Waals surface area contributed by atoms with Crippen molar-refractivity contribution in [2.75, 3.05) is 18.5 Å². The van der Waals surface area contributed by atoms with Crippen molar-refractivity contribution in [3.63, 3.8) is 0 Å². The smallest absolute Gasteiger partial charge is 0.329 e. The predicted molar refractivity (Wildman–Crippen MR) is 76.8 cm³/mol. The number of carboxylic acids is 1. The number of amides is 3. The molecule has 1 aromatic rings. The minimum Gasteiger partial charge on any atom is -0.480 e. The highest BCUT2D eigenvalue weighted by atomic mass is 35.5. The minimum atomic E-state index is -1.21. The van der Waals surface area contributed by atoms with Crippen molar-refractivity contribution >= 4 is 46.8 Å². The SMILES string of the molecule is Cc1cc(Cl)c(NC(=O)NC(=O)COCC(=O)O)cc1Cl. The van der Waals surface area contributed by atoms with Gasteiger partial charge in [-0.15, -0.1) is 0 Å². The Morgan fingerprint density at radius 3 is 2.48 bits per heavy atom. The number of anilines is 1. The number of imide groups is 1. The number of carboxylic acid groups (broad SMARTS) is 1. The third-order valence-corrected chi connectivity index (χ3v) is 2.93. The molecule has 0 aliphatic carbocycles. The van der Waals surface area contributed by atoms with Gasteiger partial charge in [0.2, 0.25) is 0 Å². The van der Waals surface area contributed by atoms with E-state index in [0.717, 1.165) is 5.56 Å². The molecule has 0 heterocycles. The molecule has 0 bridgehead atoms. The quantitative estimate of drug-likeness (QED) is 0.764. The monoisotopic (exact) mass is 334 g/mol. The van der Waals surface area contributed by atoms with E-state index in [1.54, 1.807) is 13.0 Å². The number of aliphatic carboxylic acids is 1. The third-order valence-electron chi connectivity index (χ3n) is 2.21. The lowest BCUT2D eigenvalue weighted by Gasteiger charge is -2.10. The average Bonchev–Trinajstić information content (AvgIpc) is 2.35. The Morgan fingerprint density at radius 1 is 1.19 bits per heavy atom. The van der Waals surface area contributed by atoms with Crippen molar-refractivity contribution < 1.29 is 24.2 Å². The van der Waals surface area contributed by atoms with Gasteiger partial charge in [-0.3, -0.25) is 10.1 Å². The largest absolute Gasteiger partial charge is 0.480 e. The molecular formula is C12H12Cl2N2O5. The highest BCUT2D eigenvalue weighted by Crippen LogP contribution is 2.28. The Hall–Kier alpha value is -1.83. The van der Waals surface area contributed by atoms with E-state index in [2.05, 4.69) is 10.1 Å². The molecule has 3 amide bonds. The van der Waals surface area contributed by atoms with Crippen LogP contribution in [0.3, 0.4) is 0 Å². The molecule has 0 radical (unpaired) electrons. The van der Waals surface area contributed by atoms with Crippen LogP contribution in [-0.2, 0) is 14.3 Å². The summed E-state index contributed by atoms with van der Waals surface area (Å²) in [5.74, 6) is -2.00. The Morgan fingerprint density at radius 2 is 1.86 bits per heavy atom. The van der Waals surface area contributed by atoms with Crippen molar-refractivity contribution in [3.05, 3.63) is 27.7 Å². The molecule has 1 aromatic carbocycles. The lowest BCUT2D eigenvalue weighted by atomic mass is 10.2. The van der Waals surface area contributed by atoms with Gasteiger partial charge in [0.15, 0.2) is 0 Å². The van der Waals surface area contributed by atoms with Gasteiger partial charge in [-0.25, -0.2) is 9.59 Å². The summed E-state index contributed by atoms with van der Waals surface area (Å²) in [6.45, 7) is 0.567. The fourth-order valence-electron chi connectivity index (χ4n) is 1.29. The first kappa shape index (κ1) is 17.2. The second-order valence-electron chi connectivity index (χ2n) is 3.97. The maximum Gasteiger partial charge on any atom is 0.329 e. The first-order chi connectivity index (χ1) is 9.79. The van der Waals surface area contributed by atoms with E-state index in [1.807, 2.05) is 5.32 Å². The Labute approximate surface area is 130 Å². The average molecular weight is 335 g/mol. The van der Waals surface area contributed by atoms with Crippen LogP contribution >= 0.6 is 23.2 Å². The molecule has 0 saturated carbocycles. The third kappa shape index (κ3) is 5.99. The van der Waals surface area contributed by atoms with E-state index in [0.29, 0.717) is 5.02 Å². The topological polar surface area (TPSA) is 105 Å². The van der Waals surface area contributed by atoms with Crippen LogP contribution in [0.1, 0.15) is 5.56 Å². The fourth-order valence-corrected chi connectivity index (χ4v) is 1.72. The van der Waals surface area contributed by atoms with Crippen molar-refractivity contribution in [1.29, 1.82) is 0 Å². The number of urea groups is 1. The predicted octanol–water partition coefficient (Wildman–Crippen LogP) is 2.05. The lowest BCUT2D eigenvalue weighted by Crippen LogP contribution is -2.37. The Balaban J connectivity index is 2.52. The number of hydrogen-bond acceptors (Lipinski definition) is 4. The molecule has 21 heavy (non-hydrogen) atoms. The van der Waals surface area contributed by atoms with E-state index in [9.17, 15) is 14.4 Å². The van der Waals surface area contributed by atoms with Crippen LogP contribution in [0, 0.1) is 6.92 Å². The molecule has 0 aliphatic heterocycles. The van der Waals surface area contributed by atoms with E-state index < -0.39 is 31.1 Å². The molecule has 3 N–H and O–H groups in total. The molecular weight excluding hydrogens is 323 g/mol. The van der Waals surface area contributed by atoms with Crippen LogP contribution in [0.25, 0.3) is 0 Å². The molecule has 7 nitrogen and oxygen atoms in total. The number of benzene rings is 1. The molecule has 9 heteroatoms. The van der Waals surface area contributed by atoms with Crippen LogP contribution in [0.15, 0.2) is 12.1 Å². The van der Waals surface area contributed by atoms with Gasteiger partial charge in [0.25, 0.3) is 5.91 Å². The molecule has 0 aromatic heterocycles. The van der Waals surface area contributed by atoms with E-state index in [-0.39, 0.29) is 10.7 Å². The van der Waals surface area contributed by atoms with Crippen molar-refractivity contribution in [3.8, 4) is 0 Å². The second-order valence-corrected chi connectivity index (χ2v) is 4.78. The Bertz CT molecular complexity index is 577. The van der Waals surface area contributed by atoms with Crippen molar-refractivity contribution in [1.82, 2.24) is 5.32 Å². The van der Waals surface area contributed by atoms with Crippen LogP contribution < -0.4 is 10.6 Å². The maximum absolute atomic E-state index is 11.6. The number of rotatable bonds is 5. The molecule has 0 saturated heterocycles. The summed E-state index contributed by atoms with van der Waals surface area (Å²) < 4.78 is 4.53. The van der Waals surface area contributed by atoms with E-state index in [4.69, 9.17) is 28.3 Å². The number of carbonyl (C=O) groups is 3. The van der Waals surface area contributed by atoms with E-state index >= 15 is 0 Å². The standard InChI is InChI=1S/C12H12Cl2N2O5/c1-6-2-8(14)9(3-7(6)13)15-12(20)16-10(17)4-21-5-11(18)19/h2-3H,4-5H2,1H3,(H,18,19)(H2,15,16,17,20). The first-order valence-electron chi connectivity index (χ1n) is 5.65. The summed E-state index contributed by atoms with van der Waals surface area (Å²) in [5, 5.41) is 13.3. The molecule has 0 unspecified atom stereocenters. The van der Waals surface area contributed by atoms with Crippen LogP contribution in [0.2, 0.25) is 10.0 Å². The Kier molecular flexibility index (Phi) is 6.41. The summed E-state index contributed by atoms with van der Waals surface area (Å²) in [6.07, 6.45) is 0. The van der Waals surface area contributed by atoms with E-state index in [1.165, 1.54) is 6.07 Å². The van der Waals surface area contributed by atoms with Crippen molar-refractivity contribution in [2.45, 2.75) is 6.92 Å². The summed E-state index contributed by atoms with van der Waals surface area (Å²) >= 11 is 11.8. The van der Waals surface area contributed by atoms with Gasteiger partial charge >= 0.3 is 12.0 Å². The summed E-state index contributed by atoms with van der Waals surface area (Å²) in [6, 6.07) is 2.18. The number of aryl methyl sites for hydroxylation is 1. The lowest BCUT2D eigenvalue weighted by molar-refractivity contribution is -0.143. The number of halogens is 2. The number of carbonyl (C=O) groups excluding carboxylic acids is 2. The number of ether oxygens (including phenoxy) is 1. The zero-order valence-corrected chi connectivity index (χ0v) is 12.4. The van der Waals surface area contributed by atoms with Gasteiger partial charge in [0.05, 0.1) is 10.7 Å². The van der Waals surface area contributed by atoms with Gasteiger partial charge in [0.1, 0.15) is 13.2 Å². The van der Waals surface area contributed by atoms with Crippen molar-refractivity contribution in [2.24, 2.45) is 0 Å². The number of nitrogens with one attached hydrogen (secondary N) is 2. The molecule has 0 fully saturated rings. The number of hydrogen-bond donors (Lipinski definition) is 3. The zero-order chi connectivity index (χ0) is 16.0. The normalized spacial score (nSPS) is 10.0. The van der Waals surface area contributed by atoms with Gasteiger partial charge in [0, 0.05) is 5.02 Å². The van der Waals surface area contributed by atoms with Crippen LogP contribution in [0.4, 0.5) is 10.5 Å². The minimum absolute atomic E-state index is 0.240.